The van der Waals surface area contributed by atoms with E-state index < -0.39 is 0 Å². The summed E-state index contributed by atoms with van der Waals surface area (Å²) in [5.74, 6) is 0.603. The highest BCUT2D eigenvalue weighted by Gasteiger charge is 2.02. The molecule has 0 atom stereocenters. The molecule has 0 spiro atoms. The number of hydrogen-bond acceptors (Lipinski definition) is 0. The SMILES string of the molecule is CC(C)c1cccc2ccccc12.CCCC. The Morgan fingerprint density at radius 1 is 0.824 bits per heavy atom. The Labute approximate surface area is 106 Å². The van der Waals surface area contributed by atoms with Crippen molar-refractivity contribution in [3.63, 3.8) is 0 Å². The molecule has 0 nitrogen and oxygen atoms in total. The van der Waals surface area contributed by atoms with E-state index in [1.807, 2.05) is 0 Å². The van der Waals surface area contributed by atoms with Crippen LogP contribution in [0.3, 0.4) is 0 Å². The highest BCUT2D eigenvalue weighted by molar-refractivity contribution is 5.86. The summed E-state index contributed by atoms with van der Waals surface area (Å²) in [6.07, 6.45) is 2.64. The molecule has 0 bridgehead atoms. The van der Waals surface area contributed by atoms with E-state index in [1.165, 1.54) is 29.2 Å². The highest BCUT2D eigenvalue weighted by atomic mass is 14.1. The largest absolute Gasteiger partial charge is 0.0654 e. The van der Waals surface area contributed by atoms with Gasteiger partial charge in [-0.15, -0.1) is 0 Å². The van der Waals surface area contributed by atoms with Gasteiger partial charge in [-0.3, -0.25) is 0 Å². The molecule has 0 aliphatic carbocycles. The summed E-state index contributed by atoms with van der Waals surface area (Å²) in [5.41, 5.74) is 1.44. The first-order chi connectivity index (χ1) is 8.20. The van der Waals surface area contributed by atoms with Crippen LogP contribution in [0.1, 0.15) is 52.0 Å². The van der Waals surface area contributed by atoms with Crippen LogP contribution in [0.2, 0.25) is 0 Å². The van der Waals surface area contributed by atoms with Crippen LogP contribution in [-0.4, -0.2) is 0 Å². The van der Waals surface area contributed by atoms with Gasteiger partial charge in [-0.05, 0) is 22.3 Å². The van der Waals surface area contributed by atoms with Gasteiger partial charge in [-0.25, -0.2) is 0 Å². The predicted octanol–water partition coefficient (Wildman–Crippen LogP) is 5.77. The fourth-order valence-corrected chi connectivity index (χ4v) is 1.75. The molecular formula is C17H24. The van der Waals surface area contributed by atoms with Crippen LogP contribution in [0.15, 0.2) is 42.5 Å². The maximum atomic E-state index is 2.24. The lowest BCUT2D eigenvalue weighted by Crippen LogP contribution is -1.88. The van der Waals surface area contributed by atoms with Crippen LogP contribution in [-0.2, 0) is 0 Å². The topological polar surface area (TPSA) is 0 Å². The van der Waals surface area contributed by atoms with Gasteiger partial charge in [0, 0.05) is 0 Å². The Morgan fingerprint density at radius 2 is 1.41 bits per heavy atom. The molecule has 0 heterocycles. The summed E-state index contributed by atoms with van der Waals surface area (Å²) in [6, 6.07) is 15.1. The maximum Gasteiger partial charge on any atom is -0.0149 e. The summed E-state index contributed by atoms with van der Waals surface area (Å²) in [5, 5.41) is 2.73. The number of benzene rings is 2. The Balaban J connectivity index is 0.000000317. The second kappa shape index (κ2) is 7.11. The summed E-state index contributed by atoms with van der Waals surface area (Å²) in [6.45, 7) is 8.84. The molecule has 2 rings (SSSR count). The molecule has 0 unspecified atom stereocenters. The van der Waals surface area contributed by atoms with E-state index >= 15 is 0 Å². The minimum Gasteiger partial charge on any atom is -0.0654 e. The summed E-state index contributed by atoms with van der Waals surface area (Å²) in [7, 11) is 0. The van der Waals surface area contributed by atoms with Gasteiger partial charge < -0.3 is 0 Å². The van der Waals surface area contributed by atoms with Crippen LogP contribution in [0.4, 0.5) is 0 Å². The fourth-order valence-electron chi connectivity index (χ4n) is 1.75. The molecule has 0 radical (unpaired) electrons. The molecule has 0 aliphatic rings. The lowest BCUT2D eigenvalue weighted by Gasteiger charge is -2.08. The van der Waals surface area contributed by atoms with E-state index in [-0.39, 0.29) is 0 Å². The Morgan fingerprint density at radius 3 is 2.00 bits per heavy atom. The molecule has 0 heteroatoms. The van der Waals surface area contributed by atoms with Gasteiger partial charge in [0.05, 0.1) is 0 Å². The fraction of sp³-hybridized carbons (Fsp3) is 0.412. The molecule has 0 fully saturated rings. The Kier molecular flexibility index (Phi) is 5.76. The van der Waals surface area contributed by atoms with E-state index in [2.05, 4.69) is 70.2 Å². The van der Waals surface area contributed by atoms with Crippen LogP contribution in [0.25, 0.3) is 10.8 Å². The zero-order valence-electron chi connectivity index (χ0n) is 11.5. The molecule has 0 N–H and O–H groups in total. The smallest absolute Gasteiger partial charge is 0.0149 e. The van der Waals surface area contributed by atoms with Crippen LogP contribution >= 0.6 is 0 Å². The Hall–Kier alpha value is -1.30. The molecule has 2 aromatic rings. The molecule has 0 aliphatic heterocycles. The van der Waals surface area contributed by atoms with Crippen LogP contribution < -0.4 is 0 Å². The van der Waals surface area contributed by atoms with Crippen molar-refractivity contribution in [2.24, 2.45) is 0 Å². The average molecular weight is 228 g/mol. The van der Waals surface area contributed by atoms with Gasteiger partial charge in [0.1, 0.15) is 0 Å². The van der Waals surface area contributed by atoms with Crippen molar-refractivity contribution >= 4 is 10.8 Å². The van der Waals surface area contributed by atoms with E-state index in [0.29, 0.717) is 5.92 Å². The number of rotatable bonds is 2. The standard InChI is InChI=1S/C13H14.C4H10/c1-10(2)12-9-5-7-11-6-3-4-8-13(11)12;1-3-4-2/h3-10H,1-2H3;3-4H2,1-2H3. The molecular weight excluding hydrogens is 204 g/mol. The van der Waals surface area contributed by atoms with Gasteiger partial charge in [-0.1, -0.05) is 83.0 Å². The predicted molar refractivity (Wildman–Crippen MR) is 78.6 cm³/mol. The summed E-state index contributed by atoms with van der Waals surface area (Å²) < 4.78 is 0. The zero-order valence-corrected chi connectivity index (χ0v) is 11.5. The molecule has 92 valence electrons. The minimum atomic E-state index is 0.603. The van der Waals surface area contributed by atoms with Crippen LogP contribution in [0, 0.1) is 0 Å². The molecule has 0 saturated heterocycles. The minimum absolute atomic E-state index is 0.603. The third-order valence-corrected chi connectivity index (χ3v) is 2.95. The summed E-state index contributed by atoms with van der Waals surface area (Å²) in [4.78, 5) is 0. The van der Waals surface area contributed by atoms with Crippen molar-refractivity contribution in [1.82, 2.24) is 0 Å². The van der Waals surface area contributed by atoms with E-state index in [9.17, 15) is 0 Å². The second-order valence-corrected chi connectivity index (χ2v) is 4.72. The Bertz CT molecular complexity index is 433. The van der Waals surface area contributed by atoms with Crippen molar-refractivity contribution in [3.8, 4) is 0 Å². The quantitative estimate of drug-likeness (QED) is 0.612. The second-order valence-electron chi connectivity index (χ2n) is 4.72. The monoisotopic (exact) mass is 228 g/mol. The normalized spacial score (nSPS) is 10.2. The van der Waals surface area contributed by atoms with Gasteiger partial charge in [-0.2, -0.15) is 0 Å². The van der Waals surface area contributed by atoms with E-state index in [0.717, 1.165) is 0 Å². The third kappa shape index (κ3) is 3.89. The van der Waals surface area contributed by atoms with E-state index in [1.54, 1.807) is 0 Å². The van der Waals surface area contributed by atoms with Gasteiger partial charge in [0.15, 0.2) is 0 Å². The number of unbranched alkanes of at least 4 members (excludes halogenated alkanes) is 1. The van der Waals surface area contributed by atoms with Crippen LogP contribution in [0.5, 0.6) is 0 Å². The van der Waals surface area contributed by atoms with E-state index in [4.69, 9.17) is 0 Å². The lowest BCUT2D eigenvalue weighted by molar-refractivity contribution is 0.876. The summed E-state index contributed by atoms with van der Waals surface area (Å²) >= 11 is 0. The van der Waals surface area contributed by atoms with Gasteiger partial charge in [0.25, 0.3) is 0 Å². The van der Waals surface area contributed by atoms with Crippen molar-refractivity contribution in [2.45, 2.75) is 46.5 Å². The molecule has 0 amide bonds. The average Bonchev–Trinajstić information content (AvgIpc) is 2.38. The van der Waals surface area contributed by atoms with Gasteiger partial charge >= 0.3 is 0 Å². The van der Waals surface area contributed by atoms with Crippen molar-refractivity contribution < 1.29 is 0 Å². The first kappa shape index (κ1) is 13.8. The lowest BCUT2D eigenvalue weighted by atomic mass is 9.96. The zero-order chi connectivity index (χ0) is 12.7. The highest BCUT2D eigenvalue weighted by Crippen LogP contribution is 2.24. The van der Waals surface area contributed by atoms with Crippen molar-refractivity contribution in [3.05, 3.63) is 48.0 Å². The van der Waals surface area contributed by atoms with Crippen molar-refractivity contribution in [2.75, 3.05) is 0 Å². The van der Waals surface area contributed by atoms with Crippen molar-refractivity contribution in [1.29, 1.82) is 0 Å². The number of fused-ring (bicyclic) bond motifs is 1. The molecule has 17 heavy (non-hydrogen) atoms. The third-order valence-electron chi connectivity index (χ3n) is 2.95. The maximum absolute atomic E-state index is 2.24. The molecule has 2 aromatic carbocycles. The first-order valence-corrected chi connectivity index (χ1v) is 6.68. The van der Waals surface area contributed by atoms with Gasteiger partial charge in [0.2, 0.25) is 0 Å². The molecule has 0 saturated carbocycles. The molecule has 0 aromatic heterocycles. The number of hydrogen-bond donors (Lipinski definition) is 0. The first-order valence-electron chi connectivity index (χ1n) is 6.68.